The number of benzene rings is 1. The van der Waals surface area contributed by atoms with E-state index in [-0.39, 0.29) is 23.7 Å². The summed E-state index contributed by atoms with van der Waals surface area (Å²) in [5.74, 6) is 0.874. The maximum Gasteiger partial charge on any atom is 0.227 e. The predicted octanol–water partition coefficient (Wildman–Crippen LogP) is 4.98. The minimum Gasteiger partial charge on any atom is -0.352 e. The van der Waals surface area contributed by atoms with Gasteiger partial charge in [0.1, 0.15) is 0 Å². The molecule has 27 heavy (non-hydrogen) atoms. The molecule has 0 bridgehead atoms. The average Bonchev–Trinajstić information content (AvgIpc) is 2.65. The maximum absolute atomic E-state index is 12.9. The molecule has 2 N–H and O–H groups in total. The molecule has 0 atom stereocenters. The summed E-state index contributed by atoms with van der Waals surface area (Å²) < 4.78 is 0. The summed E-state index contributed by atoms with van der Waals surface area (Å²) in [5, 5.41) is 6.11. The number of hydrogen-bond donors (Lipinski definition) is 2. The molecule has 0 spiro atoms. The van der Waals surface area contributed by atoms with E-state index in [9.17, 15) is 9.59 Å². The summed E-state index contributed by atoms with van der Waals surface area (Å²) in [7, 11) is 0. The Labute approximate surface area is 163 Å². The zero-order valence-corrected chi connectivity index (χ0v) is 17.2. The molecule has 0 radical (unpaired) electrons. The largest absolute Gasteiger partial charge is 0.352 e. The monoisotopic (exact) mass is 370 g/mol. The summed E-state index contributed by atoms with van der Waals surface area (Å²) in [6.07, 6.45) is 4.75. The van der Waals surface area contributed by atoms with E-state index in [0.717, 1.165) is 31.4 Å². The molecule has 1 aliphatic carbocycles. The van der Waals surface area contributed by atoms with Crippen molar-refractivity contribution in [1.29, 1.82) is 0 Å². The lowest BCUT2D eigenvalue weighted by Crippen LogP contribution is -2.35. The molecule has 1 aromatic carbocycles. The van der Waals surface area contributed by atoms with E-state index in [1.54, 1.807) is 6.08 Å². The van der Waals surface area contributed by atoms with Gasteiger partial charge in [0, 0.05) is 24.1 Å². The van der Waals surface area contributed by atoms with Crippen molar-refractivity contribution >= 4 is 17.5 Å². The van der Waals surface area contributed by atoms with Crippen LogP contribution in [0.1, 0.15) is 76.3 Å². The van der Waals surface area contributed by atoms with Gasteiger partial charge in [-0.1, -0.05) is 52.0 Å². The highest BCUT2D eigenvalue weighted by Gasteiger charge is 2.30. The van der Waals surface area contributed by atoms with Gasteiger partial charge in [0.05, 0.1) is 0 Å². The molecule has 4 nitrogen and oxygen atoms in total. The molecule has 4 heteroatoms. The number of anilines is 1. The lowest BCUT2D eigenvalue weighted by molar-refractivity contribution is -0.128. The van der Waals surface area contributed by atoms with Crippen LogP contribution >= 0.6 is 0 Å². The van der Waals surface area contributed by atoms with Crippen LogP contribution in [0.5, 0.6) is 0 Å². The minimum absolute atomic E-state index is 0.0168. The average molecular weight is 371 g/mol. The fraction of sp³-hybridized carbons (Fsp3) is 0.565. The van der Waals surface area contributed by atoms with Crippen LogP contribution in [0.25, 0.3) is 0 Å². The standard InChI is InChI=1S/C23H34N2O2/c1-6-14-24-22(26)17-10-12-18(13-11-17)23(27)25-21-19(15(2)3)8-7-9-20(21)16(4)5/h6-9,15-18H,1,10-14H2,2-5H3,(H,24,26)(H,25,27). The van der Waals surface area contributed by atoms with Crippen molar-refractivity contribution in [1.82, 2.24) is 5.32 Å². The minimum atomic E-state index is -0.0197. The molecule has 1 aliphatic rings. The first-order valence-corrected chi connectivity index (χ1v) is 10.2. The van der Waals surface area contributed by atoms with Gasteiger partial charge in [-0.15, -0.1) is 6.58 Å². The Morgan fingerprint density at radius 2 is 1.48 bits per heavy atom. The molecule has 0 aromatic heterocycles. The van der Waals surface area contributed by atoms with Crippen LogP contribution in [-0.2, 0) is 9.59 Å². The van der Waals surface area contributed by atoms with Crippen molar-refractivity contribution in [3.8, 4) is 0 Å². The van der Waals surface area contributed by atoms with Crippen molar-refractivity contribution in [3.05, 3.63) is 42.0 Å². The van der Waals surface area contributed by atoms with E-state index >= 15 is 0 Å². The highest BCUT2D eigenvalue weighted by Crippen LogP contribution is 2.34. The Bertz CT molecular complexity index is 645. The number of amides is 2. The summed E-state index contributed by atoms with van der Waals surface area (Å²) >= 11 is 0. The van der Waals surface area contributed by atoms with Gasteiger partial charge in [0.15, 0.2) is 0 Å². The Morgan fingerprint density at radius 1 is 1.00 bits per heavy atom. The van der Waals surface area contributed by atoms with Gasteiger partial charge in [-0.3, -0.25) is 9.59 Å². The molecule has 0 aliphatic heterocycles. The smallest absolute Gasteiger partial charge is 0.227 e. The van der Waals surface area contributed by atoms with Crippen molar-refractivity contribution in [2.75, 3.05) is 11.9 Å². The molecule has 2 amide bonds. The van der Waals surface area contributed by atoms with Gasteiger partial charge in [-0.25, -0.2) is 0 Å². The second-order valence-electron chi connectivity index (χ2n) is 8.19. The highest BCUT2D eigenvalue weighted by molar-refractivity contribution is 5.94. The summed E-state index contributed by atoms with van der Waals surface area (Å²) in [4.78, 5) is 25.0. The number of rotatable bonds is 7. The number of hydrogen-bond acceptors (Lipinski definition) is 2. The maximum atomic E-state index is 12.9. The lowest BCUT2D eigenvalue weighted by Gasteiger charge is -2.28. The van der Waals surface area contributed by atoms with Crippen LogP contribution in [0, 0.1) is 11.8 Å². The van der Waals surface area contributed by atoms with Gasteiger partial charge in [-0.2, -0.15) is 0 Å². The molecular weight excluding hydrogens is 336 g/mol. The van der Waals surface area contributed by atoms with Crippen LogP contribution in [0.3, 0.4) is 0 Å². The normalized spacial score (nSPS) is 19.8. The molecule has 2 rings (SSSR count). The third-order valence-corrected chi connectivity index (χ3v) is 5.51. The van der Waals surface area contributed by atoms with Crippen LogP contribution in [0.2, 0.25) is 0 Å². The molecule has 1 saturated carbocycles. The fourth-order valence-corrected chi connectivity index (χ4v) is 3.86. The Morgan fingerprint density at radius 3 is 1.93 bits per heavy atom. The quantitative estimate of drug-likeness (QED) is 0.665. The predicted molar refractivity (Wildman–Crippen MR) is 112 cm³/mol. The third kappa shape index (κ3) is 5.44. The second-order valence-corrected chi connectivity index (χ2v) is 8.19. The summed E-state index contributed by atoms with van der Waals surface area (Å²) in [5.41, 5.74) is 3.36. The van der Waals surface area contributed by atoms with E-state index in [0.29, 0.717) is 18.4 Å². The summed E-state index contributed by atoms with van der Waals surface area (Å²) in [6, 6.07) is 6.29. The van der Waals surface area contributed by atoms with E-state index in [1.807, 2.05) is 0 Å². The van der Waals surface area contributed by atoms with Crippen molar-refractivity contribution in [2.45, 2.75) is 65.2 Å². The topological polar surface area (TPSA) is 58.2 Å². The number of carbonyl (C=O) groups excluding carboxylic acids is 2. The Kier molecular flexibility index (Phi) is 7.64. The molecule has 0 saturated heterocycles. The number of carbonyl (C=O) groups is 2. The third-order valence-electron chi connectivity index (χ3n) is 5.51. The number of para-hydroxylation sites is 1. The Balaban J connectivity index is 2.04. The first-order chi connectivity index (χ1) is 12.8. The second kappa shape index (κ2) is 9.72. The molecule has 0 unspecified atom stereocenters. The van der Waals surface area contributed by atoms with E-state index in [1.165, 1.54) is 11.1 Å². The first-order valence-electron chi connectivity index (χ1n) is 10.2. The van der Waals surface area contributed by atoms with Gasteiger partial charge in [0.2, 0.25) is 11.8 Å². The Hall–Kier alpha value is -2.10. The van der Waals surface area contributed by atoms with Gasteiger partial charge >= 0.3 is 0 Å². The highest BCUT2D eigenvalue weighted by atomic mass is 16.2. The molecule has 1 fully saturated rings. The first kappa shape index (κ1) is 21.2. The molecular formula is C23H34N2O2. The molecule has 1 aromatic rings. The van der Waals surface area contributed by atoms with Gasteiger partial charge in [0.25, 0.3) is 0 Å². The van der Waals surface area contributed by atoms with Gasteiger partial charge in [-0.05, 0) is 48.6 Å². The number of nitrogens with one attached hydrogen (secondary N) is 2. The van der Waals surface area contributed by atoms with Crippen LogP contribution in [-0.4, -0.2) is 18.4 Å². The zero-order chi connectivity index (χ0) is 20.0. The SMILES string of the molecule is C=CCNC(=O)C1CCC(C(=O)Nc2c(C(C)C)cccc2C(C)C)CC1. The molecule has 148 valence electrons. The van der Waals surface area contributed by atoms with Crippen molar-refractivity contribution in [2.24, 2.45) is 11.8 Å². The van der Waals surface area contributed by atoms with E-state index in [4.69, 9.17) is 0 Å². The van der Waals surface area contributed by atoms with Crippen LogP contribution < -0.4 is 10.6 Å². The summed E-state index contributed by atoms with van der Waals surface area (Å²) in [6.45, 7) is 12.7. The molecule has 0 heterocycles. The van der Waals surface area contributed by atoms with Crippen molar-refractivity contribution in [3.63, 3.8) is 0 Å². The fourth-order valence-electron chi connectivity index (χ4n) is 3.86. The van der Waals surface area contributed by atoms with Crippen molar-refractivity contribution < 1.29 is 9.59 Å². The van der Waals surface area contributed by atoms with Gasteiger partial charge < -0.3 is 10.6 Å². The van der Waals surface area contributed by atoms with Crippen LogP contribution in [0.15, 0.2) is 30.9 Å². The van der Waals surface area contributed by atoms with E-state index < -0.39 is 0 Å². The zero-order valence-electron chi connectivity index (χ0n) is 17.2. The van der Waals surface area contributed by atoms with E-state index in [2.05, 4.69) is 63.1 Å². The lowest BCUT2D eigenvalue weighted by atomic mass is 9.81. The van der Waals surface area contributed by atoms with Crippen LogP contribution in [0.4, 0.5) is 5.69 Å².